The third kappa shape index (κ3) is 5.70. The SMILES string of the molecule is CCN(Cc1ccc(C)cc1)c1ncnc(NC[C@@]2(O)CCN(CC(N)=O)C[C@H]2O)c1F. The molecular weight excluding hydrogens is 415 g/mol. The first-order chi connectivity index (χ1) is 15.2. The first kappa shape index (κ1) is 23.8. The van der Waals surface area contributed by atoms with Gasteiger partial charge in [0.2, 0.25) is 11.7 Å². The van der Waals surface area contributed by atoms with E-state index in [2.05, 4.69) is 15.3 Å². The number of aliphatic hydroxyl groups is 2. The van der Waals surface area contributed by atoms with Crippen molar-refractivity contribution >= 4 is 17.5 Å². The predicted molar refractivity (Wildman–Crippen MR) is 120 cm³/mol. The van der Waals surface area contributed by atoms with Crippen molar-refractivity contribution in [3.05, 3.63) is 47.5 Å². The van der Waals surface area contributed by atoms with Gasteiger partial charge in [-0.15, -0.1) is 0 Å². The Morgan fingerprint density at radius 1 is 1.38 bits per heavy atom. The van der Waals surface area contributed by atoms with Crippen LogP contribution in [0.5, 0.6) is 0 Å². The highest BCUT2D eigenvalue weighted by molar-refractivity contribution is 5.75. The van der Waals surface area contributed by atoms with Gasteiger partial charge in [-0.05, 0) is 25.8 Å². The lowest BCUT2D eigenvalue weighted by Crippen LogP contribution is -2.59. The third-order valence-electron chi connectivity index (χ3n) is 5.80. The number of aliphatic hydroxyl groups excluding tert-OH is 1. The molecule has 1 aromatic heterocycles. The van der Waals surface area contributed by atoms with Gasteiger partial charge >= 0.3 is 0 Å². The molecule has 1 fully saturated rings. The van der Waals surface area contributed by atoms with Crippen molar-refractivity contribution in [3.8, 4) is 0 Å². The lowest BCUT2D eigenvalue weighted by Gasteiger charge is -2.41. The predicted octanol–water partition coefficient (Wildman–Crippen LogP) is 0.646. The number of nitrogens with one attached hydrogen (secondary N) is 1. The summed E-state index contributed by atoms with van der Waals surface area (Å²) in [7, 11) is 0. The van der Waals surface area contributed by atoms with Crippen LogP contribution < -0.4 is 16.0 Å². The Bertz CT molecular complexity index is 928. The van der Waals surface area contributed by atoms with E-state index in [1.165, 1.54) is 6.33 Å². The second kappa shape index (κ2) is 10.2. The molecule has 0 aliphatic carbocycles. The Hall–Kier alpha value is -2.82. The molecule has 0 spiro atoms. The molecule has 1 aromatic carbocycles. The Kier molecular flexibility index (Phi) is 7.60. The quantitative estimate of drug-likeness (QED) is 0.442. The third-order valence-corrected chi connectivity index (χ3v) is 5.80. The van der Waals surface area contributed by atoms with Gasteiger partial charge in [-0.3, -0.25) is 9.69 Å². The summed E-state index contributed by atoms with van der Waals surface area (Å²) in [6.07, 6.45) is 0.345. The Labute approximate surface area is 187 Å². The maximum atomic E-state index is 15.2. The normalized spacial score (nSPS) is 21.3. The van der Waals surface area contributed by atoms with Crippen molar-refractivity contribution in [1.82, 2.24) is 14.9 Å². The van der Waals surface area contributed by atoms with Crippen LogP contribution in [0.2, 0.25) is 0 Å². The summed E-state index contributed by atoms with van der Waals surface area (Å²) in [4.78, 5) is 22.7. The van der Waals surface area contributed by atoms with Crippen molar-refractivity contribution in [2.45, 2.75) is 38.5 Å². The van der Waals surface area contributed by atoms with Crippen LogP contribution in [-0.2, 0) is 11.3 Å². The average Bonchev–Trinajstić information content (AvgIpc) is 2.75. The van der Waals surface area contributed by atoms with Crippen LogP contribution in [0.1, 0.15) is 24.5 Å². The zero-order valence-corrected chi connectivity index (χ0v) is 18.5. The number of rotatable bonds is 9. The number of aromatic nitrogens is 2. The van der Waals surface area contributed by atoms with Gasteiger partial charge in [0.15, 0.2) is 11.6 Å². The number of hydrogen-bond acceptors (Lipinski definition) is 8. The van der Waals surface area contributed by atoms with E-state index in [1.54, 1.807) is 9.80 Å². The molecule has 2 aromatic rings. The van der Waals surface area contributed by atoms with Gasteiger partial charge in [-0.25, -0.2) is 9.97 Å². The highest BCUT2D eigenvalue weighted by Crippen LogP contribution is 2.26. The molecule has 0 unspecified atom stereocenters. The smallest absolute Gasteiger partial charge is 0.231 e. The summed E-state index contributed by atoms with van der Waals surface area (Å²) in [6.45, 7) is 5.35. The monoisotopic (exact) mass is 446 g/mol. The van der Waals surface area contributed by atoms with Gasteiger partial charge < -0.3 is 26.2 Å². The van der Waals surface area contributed by atoms with Crippen molar-refractivity contribution in [2.75, 3.05) is 42.9 Å². The number of benzene rings is 1. The standard InChI is InChI=1S/C22H31FN6O3/c1-3-29(10-16-6-4-15(2)5-7-16)21-19(23)20(26-14-27-21)25-13-22(32)8-9-28(11-17(22)30)12-18(24)31/h4-7,14,17,30,32H,3,8-13H2,1-2H3,(H2,24,31)(H,25,26,27)/t17-,22+/m1/s1. The van der Waals surface area contributed by atoms with Crippen LogP contribution in [0.3, 0.4) is 0 Å². The fraction of sp³-hybridized carbons (Fsp3) is 0.500. The molecule has 1 aliphatic heterocycles. The van der Waals surface area contributed by atoms with E-state index in [-0.39, 0.29) is 37.7 Å². The lowest BCUT2D eigenvalue weighted by molar-refractivity contribution is -0.127. The number of nitrogens with two attached hydrogens (primary N) is 1. The fourth-order valence-electron chi connectivity index (χ4n) is 3.79. The molecule has 2 heterocycles. The number of nitrogens with zero attached hydrogens (tertiary/aromatic N) is 4. The second-order valence-electron chi connectivity index (χ2n) is 8.28. The maximum Gasteiger partial charge on any atom is 0.231 e. The minimum atomic E-state index is -1.49. The molecule has 0 bridgehead atoms. The van der Waals surface area contributed by atoms with Gasteiger partial charge in [-0.1, -0.05) is 29.8 Å². The largest absolute Gasteiger partial charge is 0.389 e. The van der Waals surface area contributed by atoms with E-state index in [0.717, 1.165) is 11.1 Å². The number of carbonyl (C=O) groups excluding carboxylic acids is 1. The first-order valence-corrected chi connectivity index (χ1v) is 10.7. The van der Waals surface area contributed by atoms with Crippen molar-refractivity contribution in [2.24, 2.45) is 5.73 Å². The Balaban J connectivity index is 1.68. The van der Waals surface area contributed by atoms with Crippen LogP contribution in [0.4, 0.5) is 16.0 Å². The van der Waals surface area contributed by atoms with Gasteiger partial charge in [0.1, 0.15) is 11.9 Å². The molecule has 9 nitrogen and oxygen atoms in total. The summed E-state index contributed by atoms with van der Waals surface area (Å²) in [5.74, 6) is -1.000. The molecule has 1 amide bonds. The molecule has 32 heavy (non-hydrogen) atoms. The Morgan fingerprint density at radius 3 is 2.72 bits per heavy atom. The molecule has 3 rings (SSSR count). The van der Waals surface area contributed by atoms with Gasteiger partial charge in [0.25, 0.3) is 0 Å². The van der Waals surface area contributed by atoms with Gasteiger partial charge in [-0.2, -0.15) is 4.39 Å². The van der Waals surface area contributed by atoms with E-state index in [1.807, 2.05) is 38.1 Å². The van der Waals surface area contributed by atoms with Crippen molar-refractivity contribution < 1.29 is 19.4 Å². The molecule has 2 atom stereocenters. The molecule has 0 radical (unpaired) electrons. The highest BCUT2D eigenvalue weighted by Gasteiger charge is 2.41. The molecule has 0 saturated carbocycles. The number of anilines is 2. The van der Waals surface area contributed by atoms with E-state index in [0.29, 0.717) is 19.6 Å². The summed E-state index contributed by atoms with van der Waals surface area (Å²) in [5.41, 5.74) is 5.89. The number of hydrogen-bond donors (Lipinski definition) is 4. The maximum absolute atomic E-state index is 15.2. The molecule has 174 valence electrons. The summed E-state index contributed by atoms with van der Waals surface area (Å²) < 4.78 is 15.2. The average molecular weight is 447 g/mol. The summed E-state index contributed by atoms with van der Waals surface area (Å²) in [6, 6.07) is 8.01. The number of amides is 1. The van der Waals surface area contributed by atoms with Crippen molar-refractivity contribution in [1.29, 1.82) is 0 Å². The molecular formula is C22H31FN6O3. The van der Waals surface area contributed by atoms with Crippen LogP contribution >= 0.6 is 0 Å². The molecule has 5 N–H and O–H groups in total. The van der Waals surface area contributed by atoms with Gasteiger partial charge in [0.05, 0.1) is 12.6 Å². The number of carbonyl (C=O) groups is 1. The lowest BCUT2D eigenvalue weighted by atomic mass is 9.88. The zero-order chi connectivity index (χ0) is 23.3. The van der Waals surface area contributed by atoms with E-state index in [4.69, 9.17) is 5.73 Å². The highest BCUT2D eigenvalue weighted by atomic mass is 19.1. The number of piperidine rings is 1. The van der Waals surface area contributed by atoms with Crippen LogP contribution in [0.15, 0.2) is 30.6 Å². The zero-order valence-electron chi connectivity index (χ0n) is 18.5. The topological polar surface area (TPSA) is 128 Å². The Morgan fingerprint density at radius 2 is 2.09 bits per heavy atom. The van der Waals surface area contributed by atoms with Gasteiger partial charge in [0, 0.05) is 32.7 Å². The summed E-state index contributed by atoms with van der Waals surface area (Å²) >= 11 is 0. The van der Waals surface area contributed by atoms with Crippen LogP contribution in [-0.4, -0.2) is 75.4 Å². The minimum Gasteiger partial charge on any atom is -0.389 e. The van der Waals surface area contributed by atoms with E-state index in [9.17, 15) is 15.0 Å². The molecule has 1 saturated heterocycles. The molecule has 10 heteroatoms. The number of halogens is 1. The van der Waals surface area contributed by atoms with Crippen LogP contribution in [0, 0.1) is 12.7 Å². The number of aryl methyl sites for hydroxylation is 1. The number of primary amides is 1. The molecule has 1 aliphatic rings. The van der Waals surface area contributed by atoms with Crippen LogP contribution in [0.25, 0.3) is 0 Å². The first-order valence-electron chi connectivity index (χ1n) is 10.7. The number of β-amino-alcohol motifs (C(OH)–C–C–N with tert-alkyl or cyclic N) is 1. The van der Waals surface area contributed by atoms with Crippen molar-refractivity contribution in [3.63, 3.8) is 0 Å². The fourth-order valence-corrected chi connectivity index (χ4v) is 3.79. The number of likely N-dealkylation sites (tertiary alicyclic amines) is 1. The minimum absolute atomic E-state index is 0.0122. The second-order valence-corrected chi connectivity index (χ2v) is 8.28. The van der Waals surface area contributed by atoms with E-state index < -0.39 is 23.4 Å². The summed E-state index contributed by atoms with van der Waals surface area (Å²) in [5, 5.41) is 24.1. The van der Waals surface area contributed by atoms with E-state index >= 15 is 4.39 Å².